The Morgan fingerprint density at radius 3 is 2.42 bits per heavy atom. The third-order valence-electron chi connectivity index (χ3n) is 5.56. The number of H-pyrrole nitrogens is 2. The maximum atomic E-state index is 13.0. The molecule has 162 valence electrons. The molecule has 0 atom stereocenters. The number of aromatic nitrogens is 2. The topological polar surface area (TPSA) is 87.0 Å². The maximum absolute atomic E-state index is 13.0. The second-order valence-electron chi connectivity index (χ2n) is 7.60. The molecule has 6 nitrogen and oxygen atoms in total. The van der Waals surface area contributed by atoms with Crippen molar-refractivity contribution in [1.82, 2.24) is 9.97 Å². The number of pyridine rings is 1. The van der Waals surface area contributed by atoms with Crippen molar-refractivity contribution in [3.8, 4) is 28.1 Å². The van der Waals surface area contributed by atoms with Gasteiger partial charge >= 0.3 is 0 Å². The first-order valence-corrected chi connectivity index (χ1v) is 10.5. The normalized spacial score (nSPS) is 10.8. The van der Waals surface area contributed by atoms with E-state index in [9.17, 15) is 9.59 Å². The zero-order valence-corrected chi connectivity index (χ0v) is 17.9. The van der Waals surface area contributed by atoms with E-state index in [-0.39, 0.29) is 11.5 Å². The Balaban J connectivity index is 1.62. The van der Waals surface area contributed by atoms with Crippen molar-refractivity contribution in [2.24, 2.45) is 0 Å². The van der Waals surface area contributed by atoms with E-state index in [1.807, 2.05) is 42.5 Å². The van der Waals surface area contributed by atoms with Gasteiger partial charge in [0.15, 0.2) is 0 Å². The van der Waals surface area contributed by atoms with Gasteiger partial charge in [-0.3, -0.25) is 9.59 Å². The van der Waals surface area contributed by atoms with E-state index >= 15 is 0 Å². The molecule has 0 radical (unpaired) electrons. The van der Waals surface area contributed by atoms with Gasteiger partial charge in [0.05, 0.1) is 18.4 Å². The first-order valence-electron chi connectivity index (χ1n) is 10.5. The lowest BCUT2D eigenvalue weighted by molar-refractivity contribution is 0.102. The summed E-state index contributed by atoms with van der Waals surface area (Å²) in [5.41, 5.74) is 4.93. The van der Waals surface area contributed by atoms with Crippen LogP contribution in [0.3, 0.4) is 0 Å². The molecule has 0 saturated carbocycles. The van der Waals surface area contributed by atoms with Crippen molar-refractivity contribution in [2.45, 2.75) is 0 Å². The second kappa shape index (κ2) is 8.51. The minimum Gasteiger partial charge on any atom is -0.497 e. The molecule has 2 heterocycles. The molecule has 3 N–H and O–H groups in total. The molecular formula is C27H21N3O3. The molecule has 5 rings (SSSR count). The summed E-state index contributed by atoms with van der Waals surface area (Å²) in [6.45, 7) is 0. The van der Waals surface area contributed by atoms with Gasteiger partial charge in [0.25, 0.3) is 11.5 Å². The van der Waals surface area contributed by atoms with Gasteiger partial charge in [-0.15, -0.1) is 0 Å². The Morgan fingerprint density at radius 1 is 0.909 bits per heavy atom. The van der Waals surface area contributed by atoms with E-state index in [4.69, 9.17) is 4.74 Å². The number of aromatic amines is 2. The van der Waals surface area contributed by atoms with Crippen molar-refractivity contribution in [1.29, 1.82) is 0 Å². The molecular weight excluding hydrogens is 414 g/mol. The quantitative estimate of drug-likeness (QED) is 0.343. The number of carbonyl (C=O) groups excluding carboxylic acids is 1. The summed E-state index contributed by atoms with van der Waals surface area (Å²) in [5.74, 6) is 0.499. The van der Waals surface area contributed by atoms with Gasteiger partial charge in [-0.05, 0) is 60.2 Å². The summed E-state index contributed by atoms with van der Waals surface area (Å²) in [4.78, 5) is 31.7. The minimum atomic E-state index is -0.221. The molecule has 0 aliphatic rings. The highest BCUT2D eigenvalue weighted by Gasteiger charge is 2.18. The van der Waals surface area contributed by atoms with Crippen LogP contribution in [0, 0.1) is 0 Å². The van der Waals surface area contributed by atoms with E-state index in [1.165, 1.54) is 0 Å². The number of hydrogen-bond donors (Lipinski definition) is 3. The van der Waals surface area contributed by atoms with Gasteiger partial charge < -0.3 is 20.0 Å². The largest absolute Gasteiger partial charge is 0.497 e. The van der Waals surface area contributed by atoms with Crippen LogP contribution in [-0.2, 0) is 0 Å². The first-order chi connectivity index (χ1) is 16.1. The SMILES string of the molecule is COc1ccc(NC(=O)c2ccc3[nH]c(-c4ccc[nH]c4=O)c(-c4ccccc4)c3c2)cc1. The van der Waals surface area contributed by atoms with Crippen molar-refractivity contribution in [3.05, 3.63) is 107 Å². The van der Waals surface area contributed by atoms with Crippen molar-refractivity contribution < 1.29 is 9.53 Å². The number of carbonyl (C=O) groups is 1. The number of nitrogens with one attached hydrogen (secondary N) is 3. The predicted octanol–water partition coefficient (Wildman–Crippen LogP) is 5.45. The third kappa shape index (κ3) is 3.90. The Labute approximate surface area is 189 Å². The number of amides is 1. The summed E-state index contributed by atoms with van der Waals surface area (Å²) in [6, 6.07) is 26.1. The number of fused-ring (bicyclic) bond motifs is 1. The molecule has 1 amide bonds. The van der Waals surface area contributed by atoms with Crippen LogP contribution >= 0.6 is 0 Å². The zero-order chi connectivity index (χ0) is 22.8. The summed E-state index contributed by atoms with van der Waals surface area (Å²) >= 11 is 0. The highest BCUT2D eigenvalue weighted by Crippen LogP contribution is 2.37. The molecule has 33 heavy (non-hydrogen) atoms. The molecule has 3 aromatic carbocycles. The van der Waals surface area contributed by atoms with Crippen molar-refractivity contribution >= 4 is 22.5 Å². The maximum Gasteiger partial charge on any atom is 0.257 e. The summed E-state index contributed by atoms with van der Waals surface area (Å²) in [6.07, 6.45) is 1.61. The van der Waals surface area contributed by atoms with E-state index < -0.39 is 0 Å². The third-order valence-corrected chi connectivity index (χ3v) is 5.56. The Hall–Kier alpha value is -4.58. The molecule has 2 aromatic heterocycles. The van der Waals surface area contributed by atoms with Crippen LogP contribution in [0.25, 0.3) is 33.3 Å². The van der Waals surface area contributed by atoms with Crippen LogP contribution < -0.4 is 15.6 Å². The van der Waals surface area contributed by atoms with Gasteiger partial charge in [0, 0.05) is 33.9 Å². The van der Waals surface area contributed by atoms with E-state index in [0.29, 0.717) is 22.5 Å². The lowest BCUT2D eigenvalue weighted by atomic mass is 9.98. The molecule has 0 aliphatic heterocycles. The van der Waals surface area contributed by atoms with Gasteiger partial charge in [0.1, 0.15) is 5.75 Å². The number of rotatable bonds is 5. The molecule has 0 saturated heterocycles. The smallest absolute Gasteiger partial charge is 0.257 e. The van der Waals surface area contributed by atoms with Crippen LogP contribution in [0.4, 0.5) is 5.69 Å². The highest BCUT2D eigenvalue weighted by atomic mass is 16.5. The van der Waals surface area contributed by atoms with Crippen molar-refractivity contribution in [2.75, 3.05) is 12.4 Å². The van der Waals surface area contributed by atoms with E-state index in [1.54, 1.807) is 55.8 Å². The van der Waals surface area contributed by atoms with Crippen LogP contribution in [-0.4, -0.2) is 23.0 Å². The fourth-order valence-corrected chi connectivity index (χ4v) is 3.94. The molecule has 6 heteroatoms. The Morgan fingerprint density at radius 2 is 1.70 bits per heavy atom. The standard InChI is InChI=1S/C27H21N3O3/c1-33-20-12-10-19(11-13-20)29-26(31)18-9-14-23-22(16-18)24(17-6-3-2-4-7-17)25(30-23)21-8-5-15-28-27(21)32/h2-16,30H,1H3,(H,28,32)(H,29,31). The highest BCUT2D eigenvalue weighted by molar-refractivity contribution is 6.10. The number of methoxy groups -OCH3 is 1. The molecule has 0 fully saturated rings. The minimum absolute atomic E-state index is 0.182. The number of ether oxygens (including phenoxy) is 1. The van der Waals surface area contributed by atoms with Crippen molar-refractivity contribution in [3.63, 3.8) is 0 Å². The fraction of sp³-hybridized carbons (Fsp3) is 0.0370. The summed E-state index contributed by atoms with van der Waals surface area (Å²) in [5, 5.41) is 3.78. The van der Waals surface area contributed by atoms with E-state index in [2.05, 4.69) is 15.3 Å². The lowest BCUT2D eigenvalue weighted by Crippen LogP contribution is -2.11. The average molecular weight is 435 g/mol. The van der Waals surface area contributed by atoms with Gasteiger partial charge in [-0.1, -0.05) is 30.3 Å². The molecule has 0 bridgehead atoms. The Kier molecular flexibility index (Phi) is 5.24. The Bertz CT molecular complexity index is 1500. The zero-order valence-electron chi connectivity index (χ0n) is 17.9. The van der Waals surface area contributed by atoms with Gasteiger partial charge in [-0.2, -0.15) is 0 Å². The molecule has 0 spiro atoms. The number of anilines is 1. The van der Waals surface area contributed by atoms with Crippen LogP contribution in [0.5, 0.6) is 5.75 Å². The van der Waals surface area contributed by atoms with Crippen LogP contribution in [0.15, 0.2) is 95.9 Å². The fourth-order valence-electron chi connectivity index (χ4n) is 3.94. The lowest BCUT2D eigenvalue weighted by Gasteiger charge is -2.08. The second-order valence-corrected chi connectivity index (χ2v) is 7.60. The van der Waals surface area contributed by atoms with Crippen LogP contribution in [0.2, 0.25) is 0 Å². The molecule has 0 unspecified atom stereocenters. The molecule has 5 aromatic rings. The predicted molar refractivity (Wildman–Crippen MR) is 131 cm³/mol. The van der Waals surface area contributed by atoms with Gasteiger partial charge in [-0.25, -0.2) is 0 Å². The number of benzene rings is 3. The molecule has 0 aliphatic carbocycles. The summed E-state index contributed by atoms with van der Waals surface area (Å²) < 4.78 is 5.17. The summed E-state index contributed by atoms with van der Waals surface area (Å²) in [7, 11) is 1.60. The van der Waals surface area contributed by atoms with Gasteiger partial charge in [0.2, 0.25) is 0 Å². The first kappa shape index (κ1) is 20.3. The monoisotopic (exact) mass is 435 g/mol. The van der Waals surface area contributed by atoms with Crippen LogP contribution in [0.1, 0.15) is 10.4 Å². The average Bonchev–Trinajstić information content (AvgIpc) is 3.24. The number of hydrogen-bond acceptors (Lipinski definition) is 3. The van der Waals surface area contributed by atoms with E-state index in [0.717, 1.165) is 27.8 Å².